The summed E-state index contributed by atoms with van der Waals surface area (Å²) in [7, 11) is 0. The summed E-state index contributed by atoms with van der Waals surface area (Å²) in [6, 6.07) is 15.2. The van der Waals surface area contributed by atoms with Crippen LogP contribution in [0, 0.1) is 6.92 Å². The average Bonchev–Trinajstić information content (AvgIpc) is 2.74. The Balaban J connectivity index is 0.00000408. The van der Waals surface area contributed by atoms with Crippen molar-refractivity contribution in [1.82, 2.24) is 5.32 Å². The third-order valence-electron chi connectivity index (χ3n) is 4.89. The number of aryl methyl sites for hydroxylation is 1. The van der Waals surface area contributed by atoms with Crippen LogP contribution in [-0.4, -0.2) is 58.5 Å². The average molecular weight is 530 g/mol. The monoisotopic (exact) mass is 528 g/mol. The van der Waals surface area contributed by atoms with Crippen LogP contribution in [0.25, 0.3) is 0 Å². The molecule has 0 fully saturated rings. The molecule has 0 unspecified atom stereocenters. The molecule has 6 nitrogen and oxygen atoms in total. The molecule has 3 N–H and O–H groups in total. The molecule has 0 radical (unpaired) electrons. The molecule has 0 aromatic heterocycles. The van der Waals surface area contributed by atoms with E-state index in [0.717, 1.165) is 0 Å². The van der Waals surface area contributed by atoms with Crippen molar-refractivity contribution in [2.45, 2.75) is 19.4 Å². The number of carboxylic acid groups (broad SMARTS) is 1. The third-order valence-corrected chi connectivity index (χ3v) is 5.84. The topological polar surface area (TPSA) is 95.5 Å². The normalized spacial score (nSPS) is 11.2. The number of carboxylic acids is 1. The van der Waals surface area contributed by atoms with Gasteiger partial charge in [0.05, 0.1) is 26.2 Å². The van der Waals surface area contributed by atoms with Crippen molar-refractivity contribution in [2.24, 2.45) is 0 Å². The Bertz CT molecular complexity index is 1180. The first-order valence-corrected chi connectivity index (χ1v) is 10.9. The zero-order valence-electron chi connectivity index (χ0n) is 17.4. The van der Waals surface area contributed by atoms with E-state index < -0.39 is 23.8 Å². The van der Waals surface area contributed by atoms with Gasteiger partial charge in [0.25, 0.3) is 11.8 Å². The summed E-state index contributed by atoms with van der Waals surface area (Å²) in [4.78, 5) is 36.9. The first-order valence-electron chi connectivity index (χ1n) is 9.80. The molecule has 0 saturated carbocycles. The Morgan fingerprint density at radius 2 is 1.35 bits per heavy atom. The molecule has 10 heteroatoms. The molecular weight excluding hydrogens is 510 g/mol. The Labute approximate surface area is 233 Å². The van der Waals surface area contributed by atoms with Gasteiger partial charge in [-0.3, -0.25) is 9.59 Å². The molecular formula is C24H20Cl3N2NaO4. The van der Waals surface area contributed by atoms with Crippen LogP contribution in [0.2, 0.25) is 15.1 Å². The van der Waals surface area contributed by atoms with Crippen LogP contribution in [0.4, 0.5) is 5.69 Å². The Hall–Kier alpha value is -2.06. The van der Waals surface area contributed by atoms with Gasteiger partial charge in [-0.1, -0.05) is 65.1 Å². The van der Waals surface area contributed by atoms with Crippen LogP contribution in [0.1, 0.15) is 31.8 Å². The second-order valence-electron chi connectivity index (χ2n) is 7.25. The van der Waals surface area contributed by atoms with Gasteiger partial charge in [-0.15, -0.1) is 0 Å². The maximum absolute atomic E-state index is 12.6. The summed E-state index contributed by atoms with van der Waals surface area (Å²) in [5.74, 6) is -2.21. The number of nitrogens with one attached hydrogen (secondary N) is 2. The van der Waals surface area contributed by atoms with Crippen molar-refractivity contribution in [1.29, 1.82) is 0 Å². The van der Waals surface area contributed by atoms with E-state index in [1.807, 2.05) is 0 Å². The van der Waals surface area contributed by atoms with Crippen LogP contribution in [0.5, 0.6) is 0 Å². The third kappa shape index (κ3) is 6.98. The summed E-state index contributed by atoms with van der Waals surface area (Å²) >= 11 is 18.2. The zero-order valence-corrected chi connectivity index (χ0v) is 19.6. The molecule has 2 amide bonds. The molecule has 0 bridgehead atoms. The number of amides is 2. The van der Waals surface area contributed by atoms with Gasteiger partial charge in [0.1, 0.15) is 6.04 Å². The number of rotatable bonds is 7. The number of halogens is 3. The number of hydrogen-bond donors (Lipinski definition) is 3. The minimum absolute atomic E-state index is 0. The zero-order chi connectivity index (χ0) is 24.1. The predicted octanol–water partition coefficient (Wildman–Crippen LogP) is 4.98. The fourth-order valence-electron chi connectivity index (χ4n) is 3.22. The Kier molecular flexibility index (Phi) is 10.4. The predicted molar refractivity (Wildman–Crippen MR) is 137 cm³/mol. The van der Waals surface area contributed by atoms with Crippen molar-refractivity contribution in [3.8, 4) is 0 Å². The Morgan fingerprint density at radius 1 is 0.824 bits per heavy atom. The van der Waals surface area contributed by atoms with Gasteiger partial charge < -0.3 is 15.7 Å². The SMILES string of the molecule is Cc1cccc(Cl)c1C(=O)N[C@@H](Cc1ccc(NC(=O)c2c(Cl)cccc2Cl)cc1)C(=O)O.[NaH]. The van der Waals surface area contributed by atoms with E-state index in [0.29, 0.717) is 16.8 Å². The van der Waals surface area contributed by atoms with Gasteiger partial charge in [-0.2, -0.15) is 0 Å². The molecule has 3 rings (SSSR count). The number of benzene rings is 3. The number of anilines is 1. The molecule has 172 valence electrons. The number of carbonyl (C=O) groups is 3. The molecule has 1 atom stereocenters. The van der Waals surface area contributed by atoms with Gasteiger partial charge in [0.15, 0.2) is 0 Å². The summed E-state index contributed by atoms with van der Waals surface area (Å²) < 4.78 is 0. The first-order chi connectivity index (χ1) is 15.7. The van der Waals surface area contributed by atoms with Crippen molar-refractivity contribution in [3.05, 3.63) is 98.0 Å². The summed E-state index contributed by atoms with van der Waals surface area (Å²) in [6.07, 6.45) is 0.0368. The summed E-state index contributed by atoms with van der Waals surface area (Å²) in [5, 5.41) is 15.5. The fraction of sp³-hybridized carbons (Fsp3) is 0.125. The molecule has 0 spiro atoms. The molecule has 0 heterocycles. The molecule has 0 aliphatic rings. The van der Waals surface area contributed by atoms with E-state index in [4.69, 9.17) is 34.8 Å². The number of hydrogen-bond acceptors (Lipinski definition) is 3. The van der Waals surface area contributed by atoms with E-state index in [1.54, 1.807) is 67.6 Å². The number of carbonyl (C=O) groups excluding carboxylic acids is 2. The van der Waals surface area contributed by atoms with E-state index in [-0.39, 0.29) is 62.2 Å². The second-order valence-corrected chi connectivity index (χ2v) is 8.47. The quantitative estimate of drug-likeness (QED) is 0.376. The van der Waals surface area contributed by atoms with Crippen LogP contribution < -0.4 is 10.6 Å². The maximum atomic E-state index is 12.6. The van der Waals surface area contributed by atoms with Gasteiger partial charge >= 0.3 is 35.5 Å². The molecule has 3 aromatic rings. The van der Waals surface area contributed by atoms with Crippen LogP contribution in [0.15, 0.2) is 60.7 Å². The van der Waals surface area contributed by atoms with Gasteiger partial charge in [-0.25, -0.2) is 4.79 Å². The van der Waals surface area contributed by atoms with Crippen molar-refractivity contribution < 1.29 is 19.5 Å². The van der Waals surface area contributed by atoms with Crippen LogP contribution in [0.3, 0.4) is 0 Å². The summed E-state index contributed by atoms with van der Waals surface area (Å²) in [5.41, 5.74) is 2.16. The molecule has 0 aliphatic heterocycles. The molecule has 0 saturated heterocycles. The van der Waals surface area contributed by atoms with E-state index in [1.165, 1.54) is 0 Å². The van der Waals surface area contributed by atoms with E-state index in [2.05, 4.69) is 10.6 Å². The van der Waals surface area contributed by atoms with Crippen LogP contribution >= 0.6 is 34.8 Å². The first kappa shape index (κ1) is 28.2. The van der Waals surface area contributed by atoms with Crippen molar-refractivity contribution >= 4 is 87.8 Å². The van der Waals surface area contributed by atoms with Gasteiger partial charge in [0.2, 0.25) is 0 Å². The van der Waals surface area contributed by atoms with Crippen molar-refractivity contribution in [2.75, 3.05) is 5.32 Å². The van der Waals surface area contributed by atoms with Crippen molar-refractivity contribution in [3.63, 3.8) is 0 Å². The molecule has 34 heavy (non-hydrogen) atoms. The van der Waals surface area contributed by atoms with E-state index in [9.17, 15) is 19.5 Å². The van der Waals surface area contributed by atoms with Gasteiger partial charge in [-0.05, 0) is 48.4 Å². The standard InChI is InChI=1S/C24H19Cl3N2O4.Na.H/c1-13-4-2-5-16(25)20(13)22(30)29-19(24(32)33)12-14-8-10-15(11-9-14)28-23(31)21-17(26)6-3-7-18(21)27;;/h2-11,19H,12H2,1H3,(H,28,31)(H,29,30)(H,32,33);;/t19-;;/m0../s1. The fourth-order valence-corrected chi connectivity index (χ4v) is 4.09. The second kappa shape index (κ2) is 12.6. The van der Waals surface area contributed by atoms with Crippen LogP contribution in [-0.2, 0) is 11.2 Å². The van der Waals surface area contributed by atoms with Gasteiger partial charge in [0, 0.05) is 12.1 Å². The summed E-state index contributed by atoms with van der Waals surface area (Å²) in [6.45, 7) is 1.72. The molecule has 3 aromatic carbocycles. The molecule has 0 aliphatic carbocycles. The number of aliphatic carboxylic acids is 1. The minimum atomic E-state index is -1.18. The van der Waals surface area contributed by atoms with E-state index >= 15 is 0 Å². The Morgan fingerprint density at radius 3 is 1.88 bits per heavy atom.